The molecule has 1 aliphatic heterocycles. The number of hydrogen-bond acceptors (Lipinski definition) is 5. The van der Waals surface area contributed by atoms with Gasteiger partial charge in [0.1, 0.15) is 0 Å². The Bertz CT molecular complexity index is 739. The van der Waals surface area contributed by atoms with Gasteiger partial charge in [0.2, 0.25) is 10.0 Å². The number of methoxy groups -OCH3 is 1. The molecule has 28 heavy (non-hydrogen) atoms. The smallest absolute Gasteiger partial charge is 0.240 e. The average molecular weight is 412 g/mol. The number of nitrogens with zero attached hydrogens (tertiary/aromatic N) is 2. The highest BCUT2D eigenvalue weighted by molar-refractivity contribution is 7.89. The van der Waals surface area contributed by atoms with Gasteiger partial charge in [-0.2, -0.15) is 0 Å². The first-order valence-corrected chi connectivity index (χ1v) is 11.2. The van der Waals surface area contributed by atoms with E-state index in [9.17, 15) is 8.42 Å². The monoisotopic (exact) mass is 411 g/mol. The fraction of sp³-hybridized carbons (Fsp3) is 0.632. The molecule has 2 rings (SSSR count). The number of benzene rings is 1. The van der Waals surface area contributed by atoms with Gasteiger partial charge in [0, 0.05) is 39.8 Å². The molecule has 9 heteroatoms. The van der Waals surface area contributed by atoms with Gasteiger partial charge in [-0.15, -0.1) is 0 Å². The van der Waals surface area contributed by atoms with Crippen LogP contribution in [0.1, 0.15) is 25.3 Å². The highest BCUT2D eigenvalue weighted by Crippen LogP contribution is 2.15. The Labute approximate surface area is 168 Å². The predicted molar refractivity (Wildman–Crippen MR) is 112 cm³/mol. The molecule has 0 aliphatic carbocycles. The second-order valence-corrected chi connectivity index (χ2v) is 8.54. The van der Waals surface area contributed by atoms with Crippen LogP contribution in [0.3, 0.4) is 0 Å². The first-order chi connectivity index (χ1) is 13.5. The van der Waals surface area contributed by atoms with Crippen molar-refractivity contribution in [3.8, 4) is 0 Å². The largest absolute Gasteiger partial charge is 0.383 e. The lowest BCUT2D eigenvalue weighted by atomic mass is 10.2. The van der Waals surface area contributed by atoms with Crippen molar-refractivity contribution in [2.24, 2.45) is 4.99 Å². The third kappa shape index (κ3) is 6.73. The van der Waals surface area contributed by atoms with Crippen molar-refractivity contribution < 1.29 is 13.2 Å². The van der Waals surface area contributed by atoms with E-state index >= 15 is 0 Å². The summed E-state index contributed by atoms with van der Waals surface area (Å²) < 4.78 is 32.1. The molecular weight excluding hydrogens is 378 g/mol. The zero-order valence-corrected chi connectivity index (χ0v) is 17.9. The van der Waals surface area contributed by atoms with Crippen molar-refractivity contribution in [1.29, 1.82) is 0 Å². The summed E-state index contributed by atoms with van der Waals surface area (Å²) in [6, 6.07) is 7.44. The number of nitrogens with one attached hydrogen (secondary N) is 3. The van der Waals surface area contributed by atoms with E-state index in [1.165, 1.54) is 20.0 Å². The normalized spacial score (nSPS) is 18.4. The highest BCUT2D eigenvalue weighted by Gasteiger charge is 2.22. The molecule has 0 saturated carbocycles. The van der Waals surface area contributed by atoms with Gasteiger partial charge in [0.05, 0.1) is 11.5 Å². The van der Waals surface area contributed by atoms with Crippen LogP contribution in [0.25, 0.3) is 0 Å². The second-order valence-electron chi connectivity index (χ2n) is 6.77. The minimum absolute atomic E-state index is 0.244. The number of hydrogen-bond donors (Lipinski definition) is 3. The van der Waals surface area contributed by atoms with E-state index in [0.29, 0.717) is 19.2 Å². The number of guanidine groups is 1. The van der Waals surface area contributed by atoms with Gasteiger partial charge < -0.3 is 15.4 Å². The summed E-state index contributed by atoms with van der Waals surface area (Å²) in [7, 11) is -0.265. The van der Waals surface area contributed by atoms with Crippen LogP contribution < -0.4 is 15.4 Å². The van der Waals surface area contributed by atoms with E-state index in [1.807, 2.05) is 6.07 Å². The second kappa shape index (κ2) is 11.4. The van der Waals surface area contributed by atoms with Crippen LogP contribution in [0.15, 0.2) is 34.2 Å². The molecule has 0 bridgehead atoms. The van der Waals surface area contributed by atoms with Gasteiger partial charge in [0.15, 0.2) is 5.96 Å². The Balaban J connectivity index is 1.88. The summed E-state index contributed by atoms with van der Waals surface area (Å²) in [5, 5.41) is 6.64. The fourth-order valence-electron chi connectivity index (χ4n) is 3.35. The van der Waals surface area contributed by atoms with Gasteiger partial charge in [-0.3, -0.25) is 9.89 Å². The summed E-state index contributed by atoms with van der Waals surface area (Å²) in [6.07, 6.45) is 2.44. The van der Waals surface area contributed by atoms with E-state index in [0.717, 1.165) is 31.2 Å². The number of likely N-dealkylation sites (N-methyl/N-ethyl adjacent to an activating group) is 1. The summed E-state index contributed by atoms with van der Waals surface area (Å²) in [4.78, 5) is 6.99. The Morgan fingerprint density at radius 1 is 1.36 bits per heavy atom. The van der Waals surface area contributed by atoms with Crippen LogP contribution in [0.4, 0.5) is 0 Å². The van der Waals surface area contributed by atoms with Crippen LogP contribution in [0, 0.1) is 0 Å². The topological polar surface area (TPSA) is 95.1 Å². The van der Waals surface area contributed by atoms with Gasteiger partial charge >= 0.3 is 0 Å². The van der Waals surface area contributed by atoms with Crippen LogP contribution in [0.2, 0.25) is 0 Å². The first kappa shape index (κ1) is 22.6. The van der Waals surface area contributed by atoms with Crippen LogP contribution in [-0.4, -0.2) is 72.3 Å². The molecule has 1 fully saturated rings. The maximum atomic E-state index is 12.3. The van der Waals surface area contributed by atoms with Gasteiger partial charge in [0.25, 0.3) is 0 Å². The maximum Gasteiger partial charge on any atom is 0.240 e. The molecule has 3 N–H and O–H groups in total. The van der Waals surface area contributed by atoms with Crippen LogP contribution in [-0.2, 0) is 21.3 Å². The molecule has 1 aromatic carbocycles. The lowest BCUT2D eigenvalue weighted by molar-refractivity contribution is 0.204. The SMILES string of the molecule is CCN1CCCC1CNC(=NC)NCc1cccc(S(=O)(=O)NCCOC)c1. The molecule has 1 unspecified atom stereocenters. The van der Waals surface area contributed by atoms with Gasteiger partial charge in [-0.05, 0) is 43.6 Å². The third-order valence-corrected chi connectivity index (χ3v) is 6.36. The number of ether oxygens (including phenoxy) is 1. The lowest BCUT2D eigenvalue weighted by Gasteiger charge is -2.24. The zero-order valence-electron chi connectivity index (χ0n) is 17.1. The average Bonchev–Trinajstić information content (AvgIpc) is 3.16. The predicted octanol–water partition coefficient (Wildman–Crippen LogP) is 0.761. The van der Waals surface area contributed by atoms with E-state index in [-0.39, 0.29) is 11.4 Å². The standard InChI is InChI=1S/C19H33N5O3S/c1-4-24-11-6-8-17(24)15-22-19(20-2)21-14-16-7-5-9-18(13-16)28(25,26)23-10-12-27-3/h5,7,9,13,17,23H,4,6,8,10-12,14-15H2,1-3H3,(H2,20,21,22). The Hall–Kier alpha value is -1.68. The third-order valence-electron chi connectivity index (χ3n) is 4.90. The molecular formula is C19H33N5O3S. The molecule has 8 nitrogen and oxygen atoms in total. The van der Waals surface area contributed by atoms with Crippen molar-refractivity contribution in [1.82, 2.24) is 20.3 Å². The number of likely N-dealkylation sites (tertiary alicyclic amines) is 1. The lowest BCUT2D eigenvalue weighted by Crippen LogP contribution is -2.44. The zero-order chi connectivity index (χ0) is 20.4. The molecule has 1 heterocycles. The number of sulfonamides is 1. The summed E-state index contributed by atoms with van der Waals surface area (Å²) in [5.41, 5.74) is 0.869. The molecule has 158 valence electrons. The minimum Gasteiger partial charge on any atom is -0.383 e. The van der Waals surface area contributed by atoms with E-state index < -0.39 is 10.0 Å². The van der Waals surface area contributed by atoms with Crippen molar-refractivity contribution >= 4 is 16.0 Å². The maximum absolute atomic E-state index is 12.3. The molecule has 1 aromatic rings. The molecule has 1 aliphatic rings. The molecule has 0 aromatic heterocycles. The summed E-state index contributed by atoms with van der Waals surface area (Å²) in [5.74, 6) is 0.717. The van der Waals surface area contributed by atoms with Gasteiger partial charge in [-0.25, -0.2) is 13.1 Å². The van der Waals surface area contributed by atoms with E-state index in [2.05, 4.69) is 32.2 Å². The molecule has 1 saturated heterocycles. The van der Waals surface area contributed by atoms with Crippen LogP contribution in [0.5, 0.6) is 0 Å². The summed E-state index contributed by atoms with van der Waals surface area (Å²) in [6.45, 7) is 6.34. The first-order valence-electron chi connectivity index (χ1n) is 9.76. The Morgan fingerprint density at radius 3 is 2.89 bits per heavy atom. The van der Waals surface area contributed by atoms with Gasteiger partial charge in [-0.1, -0.05) is 19.1 Å². The van der Waals surface area contributed by atoms with E-state index in [4.69, 9.17) is 4.74 Å². The molecule has 0 spiro atoms. The van der Waals surface area contributed by atoms with Crippen LogP contribution >= 0.6 is 0 Å². The van der Waals surface area contributed by atoms with Crippen molar-refractivity contribution in [2.75, 3.05) is 46.9 Å². The quantitative estimate of drug-likeness (QED) is 0.299. The summed E-state index contributed by atoms with van der Waals surface area (Å²) >= 11 is 0. The van der Waals surface area contributed by atoms with Crippen molar-refractivity contribution in [3.63, 3.8) is 0 Å². The molecule has 0 radical (unpaired) electrons. The highest BCUT2D eigenvalue weighted by atomic mass is 32.2. The number of rotatable bonds is 10. The fourth-order valence-corrected chi connectivity index (χ4v) is 4.43. The molecule has 0 amide bonds. The molecule has 1 atom stereocenters. The minimum atomic E-state index is -3.54. The Morgan fingerprint density at radius 2 is 2.18 bits per heavy atom. The van der Waals surface area contributed by atoms with Crippen molar-refractivity contribution in [3.05, 3.63) is 29.8 Å². The Kier molecular flexibility index (Phi) is 9.17. The van der Waals surface area contributed by atoms with E-state index in [1.54, 1.807) is 25.2 Å². The van der Waals surface area contributed by atoms with Crippen molar-refractivity contribution in [2.45, 2.75) is 37.2 Å². The number of aliphatic imine (C=N–C) groups is 1.